The van der Waals surface area contributed by atoms with E-state index in [1.807, 2.05) is 6.07 Å². The highest BCUT2D eigenvalue weighted by Crippen LogP contribution is 2.30. The zero-order valence-corrected chi connectivity index (χ0v) is 16.2. The van der Waals surface area contributed by atoms with Gasteiger partial charge in [0.05, 0.1) is 10.7 Å². The number of piperazine rings is 1. The lowest BCUT2D eigenvalue weighted by Crippen LogP contribution is -2.47. The molecule has 1 saturated heterocycles. The molecule has 1 fully saturated rings. The van der Waals surface area contributed by atoms with Crippen molar-refractivity contribution in [3.05, 3.63) is 23.3 Å². The van der Waals surface area contributed by atoms with E-state index >= 15 is 0 Å². The van der Waals surface area contributed by atoms with E-state index in [1.165, 1.54) is 18.3 Å². The highest BCUT2D eigenvalue weighted by Gasteiger charge is 2.26. The summed E-state index contributed by atoms with van der Waals surface area (Å²) in [7, 11) is 0. The molecule has 4 heterocycles. The molecule has 1 amide bonds. The number of nitrogens with zero attached hydrogens (tertiary/aromatic N) is 6. The monoisotopic (exact) mass is 389 g/mol. The van der Waals surface area contributed by atoms with Crippen LogP contribution in [0.3, 0.4) is 0 Å². The van der Waals surface area contributed by atoms with Gasteiger partial charge in [-0.2, -0.15) is 0 Å². The molecular weight excluding hydrogens is 370 g/mol. The third kappa shape index (κ3) is 3.53. The Hall–Kier alpha value is -2.17. The number of carbonyl (C=O) groups is 1. The van der Waals surface area contributed by atoms with E-state index in [2.05, 4.69) is 48.3 Å². The number of hydrogen-bond donors (Lipinski definition) is 1. The average molecular weight is 390 g/mol. The van der Waals surface area contributed by atoms with Gasteiger partial charge in [0, 0.05) is 39.3 Å². The molecule has 10 heteroatoms. The summed E-state index contributed by atoms with van der Waals surface area (Å²) >= 11 is 3.13. The molecule has 0 spiro atoms. The summed E-state index contributed by atoms with van der Waals surface area (Å²) in [5, 5.41) is 13.4. The van der Waals surface area contributed by atoms with Crippen LogP contribution < -0.4 is 10.2 Å². The quantitative estimate of drug-likeness (QED) is 0.733. The third-order valence-corrected chi connectivity index (χ3v) is 6.45. The molecule has 8 nitrogen and oxygen atoms in total. The summed E-state index contributed by atoms with van der Waals surface area (Å²) in [6.45, 7) is 7.29. The molecule has 1 aliphatic heterocycles. The van der Waals surface area contributed by atoms with Crippen LogP contribution in [0.4, 0.5) is 10.3 Å². The minimum absolute atomic E-state index is 0.128. The normalized spacial score (nSPS) is 16.8. The Labute approximate surface area is 158 Å². The lowest BCUT2D eigenvalue weighted by atomic mass is 10.2. The van der Waals surface area contributed by atoms with E-state index in [0.717, 1.165) is 46.7 Å². The Balaban J connectivity index is 1.39. The molecule has 26 heavy (non-hydrogen) atoms. The minimum Gasteiger partial charge on any atom is -0.344 e. The lowest BCUT2D eigenvalue weighted by Gasteiger charge is -2.37. The number of amides is 1. The van der Waals surface area contributed by atoms with Crippen LogP contribution in [0.2, 0.25) is 0 Å². The Morgan fingerprint density at radius 2 is 2.04 bits per heavy atom. The topological polar surface area (TPSA) is 87.1 Å². The Morgan fingerprint density at radius 3 is 2.77 bits per heavy atom. The van der Waals surface area contributed by atoms with E-state index in [4.69, 9.17) is 0 Å². The fraction of sp³-hybridized carbons (Fsp3) is 0.438. The number of carbonyl (C=O) groups excluding carboxylic acids is 1. The highest BCUT2D eigenvalue weighted by molar-refractivity contribution is 7.19. The molecule has 3 aromatic rings. The first-order chi connectivity index (χ1) is 12.6. The number of thiazole rings is 1. The first-order valence-corrected chi connectivity index (χ1v) is 10.0. The van der Waals surface area contributed by atoms with Crippen molar-refractivity contribution >= 4 is 49.2 Å². The SMILES string of the molecule is CC(=O)Nc1nnc(N2CCN(C(C)c3nc4ncccc4s3)CC2)s1. The van der Waals surface area contributed by atoms with Crippen LogP contribution in [0.1, 0.15) is 24.9 Å². The number of rotatable bonds is 4. The maximum absolute atomic E-state index is 11.1. The second-order valence-electron chi connectivity index (χ2n) is 6.15. The lowest BCUT2D eigenvalue weighted by molar-refractivity contribution is -0.114. The van der Waals surface area contributed by atoms with E-state index in [1.54, 1.807) is 17.5 Å². The second kappa shape index (κ2) is 7.22. The van der Waals surface area contributed by atoms with Gasteiger partial charge >= 0.3 is 0 Å². The van der Waals surface area contributed by atoms with Gasteiger partial charge in [-0.1, -0.05) is 11.3 Å². The molecule has 0 bridgehead atoms. The van der Waals surface area contributed by atoms with Crippen molar-refractivity contribution in [2.75, 3.05) is 36.4 Å². The fourth-order valence-corrected chi connectivity index (χ4v) is 4.82. The summed E-state index contributed by atoms with van der Waals surface area (Å²) < 4.78 is 1.13. The predicted octanol–water partition coefficient (Wildman–Crippen LogP) is 2.38. The van der Waals surface area contributed by atoms with Gasteiger partial charge in [-0.05, 0) is 19.1 Å². The number of aromatic nitrogens is 4. The maximum atomic E-state index is 11.1. The maximum Gasteiger partial charge on any atom is 0.223 e. The van der Waals surface area contributed by atoms with Crippen molar-refractivity contribution in [1.82, 2.24) is 25.1 Å². The van der Waals surface area contributed by atoms with Gasteiger partial charge in [-0.15, -0.1) is 21.5 Å². The van der Waals surface area contributed by atoms with Crippen molar-refractivity contribution in [2.24, 2.45) is 0 Å². The van der Waals surface area contributed by atoms with Crippen molar-refractivity contribution in [2.45, 2.75) is 19.9 Å². The molecular formula is C16H19N7OS2. The molecule has 3 aromatic heterocycles. The third-order valence-electron chi connectivity index (χ3n) is 4.37. The van der Waals surface area contributed by atoms with Crippen LogP contribution in [-0.4, -0.2) is 57.2 Å². The van der Waals surface area contributed by atoms with E-state index < -0.39 is 0 Å². The van der Waals surface area contributed by atoms with Crippen molar-refractivity contribution < 1.29 is 4.79 Å². The first-order valence-electron chi connectivity index (χ1n) is 8.41. The van der Waals surface area contributed by atoms with Crippen LogP contribution in [0.25, 0.3) is 10.3 Å². The highest BCUT2D eigenvalue weighted by atomic mass is 32.1. The van der Waals surface area contributed by atoms with Gasteiger partial charge in [-0.3, -0.25) is 9.69 Å². The minimum atomic E-state index is -0.128. The summed E-state index contributed by atoms with van der Waals surface area (Å²) in [5.74, 6) is -0.128. The summed E-state index contributed by atoms with van der Waals surface area (Å²) in [6.07, 6.45) is 1.78. The van der Waals surface area contributed by atoms with Crippen LogP contribution in [0.15, 0.2) is 18.3 Å². The molecule has 0 aliphatic carbocycles. The number of anilines is 2. The molecule has 1 aliphatic rings. The fourth-order valence-electron chi connectivity index (χ4n) is 2.97. The number of hydrogen-bond acceptors (Lipinski definition) is 9. The Bertz CT molecular complexity index is 883. The molecule has 1 unspecified atom stereocenters. The van der Waals surface area contributed by atoms with E-state index in [-0.39, 0.29) is 11.9 Å². The number of nitrogens with one attached hydrogen (secondary N) is 1. The largest absolute Gasteiger partial charge is 0.344 e. The zero-order valence-electron chi connectivity index (χ0n) is 14.5. The molecule has 1 N–H and O–H groups in total. The summed E-state index contributed by atoms with van der Waals surface area (Å²) in [5.41, 5.74) is 0.831. The van der Waals surface area contributed by atoms with Crippen molar-refractivity contribution in [3.8, 4) is 0 Å². The molecule has 0 aromatic carbocycles. The van der Waals surface area contributed by atoms with Crippen molar-refractivity contribution in [1.29, 1.82) is 0 Å². The van der Waals surface area contributed by atoms with Gasteiger partial charge in [0.25, 0.3) is 0 Å². The van der Waals surface area contributed by atoms with Gasteiger partial charge in [-0.25, -0.2) is 9.97 Å². The van der Waals surface area contributed by atoms with E-state index in [9.17, 15) is 4.79 Å². The average Bonchev–Trinajstić information content (AvgIpc) is 3.27. The first kappa shape index (κ1) is 17.3. The standard InChI is InChI=1S/C16H19N7OS2/c1-10(14-19-13-12(25-14)4-3-5-17-13)22-6-8-23(9-7-22)16-21-20-15(26-16)18-11(2)24/h3-5,10H,6-9H2,1-2H3,(H,18,20,24). The van der Waals surface area contributed by atoms with Gasteiger partial charge in [0.15, 0.2) is 5.65 Å². The van der Waals surface area contributed by atoms with Gasteiger partial charge in [0.2, 0.25) is 16.2 Å². The molecule has 4 rings (SSSR count). The zero-order chi connectivity index (χ0) is 18.1. The summed E-state index contributed by atoms with van der Waals surface area (Å²) in [6, 6.07) is 4.28. The molecule has 0 radical (unpaired) electrons. The predicted molar refractivity (Wildman–Crippen MR) is 104 cm³/mol. The van der Waals surface area contributed by atoms with Gasteiger partial charge in [0.1, 0.15) is 5.01 Å². The smallest absolute Gasteiger partial charge is 0.223 e. The van der Waals surface area contributed by atoms with E-state index in [0.29, 0.717) is 5.13 Å². The van der Waals surface area contributed by atoms with Crippen LogP contribution in [-0.2, 0) is 4.79 Å². The molecule has 0 saturated carbocycles. The molecule has 1 atom stereocenters. The van der Waals surface area contributed by atoms with Crippen LogP contribution in [0, 0.1) is 0 Å². The second-order valence-corrected chi connectivity index (χ2v) is 8.17. The van der Waals surface area contributed by atoms with Crippen molar-refractivity contribution in [3.63, 3.8) is 0 Å². The molecule has 136 valence electrons. The Morgan fingerprint density at radius 1 is 1.23 bits per heavy atom. The summed E-state index contributed by atoms with van der Waals surface area (Å²) in [4.78, 5) is 24.8. The van der Waals surface area contributed by atoms with Gasteiger partial charge < -0.3 is 10.2 Å². The van der Waals surface area contributed by atoms with Crippen LogP contribution in [0.5, 0.6) is 0 Å². The number of fused-ring (bicyclic) bond motifs is 1. The number of pyridine rings is 1. The van der Waals surface area contributed by atoms with Crippen LogP contribution >= 0.6 is 22.7 Å². The Kier molecular flexibility index (Phi) is 4.79.